The molecule has 110 valence electrons. The van der Waals surface area contributed by atoms with Crippen LogP contribution in [-0.4, -0.2) is 35.4 Å². The van der Waals surface area contributed by atoms with Crippen molar-refractivity contribution in [3.63, 3.8) is 0 Å². The van der Waals surface area contributed by atoms with Crippen molar-refractivity contribution in [3.05, 3.63) is 30.5 Å². The number of amides is 1. The van der Waals surface area contributed by atoms with Crippen molar-refractivity contribution in [3.8, 4) is 11.5 Å². The van der Waals surface area contributed by atoms with Gasteiger partial charge in [-0.1, -0.05) is 0 Å². The second-order valence-corrected chi connectivity index (χ2v) is 4.63. The summed E-state index contributed by atoms with van der Waals surface area (Å²) in [5, 5.41) is 9.88. The van der Waals surface area contributed by atoms with Gasteiger partial charge >= 0.3 is 0 Å². The minimum absolute atomic E-state index is 0.144. The minimum Gasteiger partial charge on any atom is -0.486 e. The van der Waals surface area contributed by atoms with Crippen LogP contribution in [0.3, 0.4) is 0 Å². The lowest BCUT2D eigenvalue weighted by atomic mass is 10.2. The highest BCUT2D eigenvalue weighted by atomic mass is 16.6. The van der Waals surface area contributed by atoms with Gasteiger partial charge in [0.1, 0.15) is 19.0 Å². The fourth-order valence-electron chi connectivity index (χ4n) is 2.01. The third-order valence-corrected chi connectivity index (χ3v) is 2.97. The van der Waals surface area contributed by atoms with E-state index >= 15 is 0 Å². The van der Waals surface area contributed by atoms with Crippen LogP contribution in [0.15, 0.2) is 30.5 Å². The van der Waals surface area contributed by atoms with Crippen molar-refractivity contribution in [1.82, 2.24) is 9.78 Å². The molecule has 3 rings (SSSR count). The van der Waals surface area contributed by atoms with Crippen molar-refractivity contribution in [2.75, 3.05) is 30.4 Å². The van der Waals surface area contributed by atoms with Crippen molar-refractivity contribution < 1.29 is 14.3 Å². The Bertz CT molecular complexity index is 653. The number of fused-ring (bicyclic) bond motifs is 1. The molecule has 7 nitrogen and oxygen atoms in total. The fourth-order valence-corrected chi connectivity index (χ4v) is 2.01. The lowest BCUT2D eigenvalue weighted by Crippen LogP contribution is -2.22. The topological polar surface area (TPSA) is 77.4 Å². The van der Waals surface area contributed by atoms with E-state index in [2.05, 4.69) is 15.7 Å². The van der Waals surface area contributed by atoms with Gasteiger partial charge in [-0.3, -0.25) is 9.48 Å². The molecular weight excluding hydrogens is 272 g/mol. The van der Waals surface area contributed by atoms with Crippen LogP contribution in [-0.2, 0) is 11.8 Å². The number of hydrogen-bond acceptors (Lipinski definition) is 5. The first-order valence-electron chi connectivity index (χ1n) is 6.64. The van der Waals surface area contributed by atoms with E-state index in [-0.39, 0.29) is 12.5 Å². The van der Waals surface area contributed by atoms with Crippen LogP contribution in [0.5, 0.6) is 11.5 Å². The summed E-state index contributed by atoms with van der Waals surface area (Å²) in [4.78, 5) is 11.9. The minimum atomic E-state index is -0.155. The molecule has 1 aliphatic heterocycles. The number of carbonyl (C=O) groups is 1. The molecule has 0 spiro atoms. The standard InChI is InChI=1S/C14H16N4O3/c1-18-5-4-13(17-18)15-9-14(19)16-10-2-3-11-12(8-10)21-7-6-20-11/h2-5,8H,6-7,9H2,1H3,(H,15,17)(H,16,19). The zero-order valence-corrected chi connectivity index (χ0v) is 11.6. The number of nitrogens with zero attached hydrogens (tertiary/aromatic N) is 2. The zero-order chi connectivity index (χ0) is 14.7. The van der Waals surface area contributed by atoms with Crippen LogP contribution in [0.25, 0.3) is 0 Å². The van der Waals surface area contributed by atoms with E-state index in [1.54, 1.807) is 35.1 Å². The fraction of sp³-hybridized carbons (Fsp3) is 0.286. The van der Waals surface area contributed by atoms with Gasteiger partial charge in [-0.2, -0.15) is 5.10 Å². The van der Waals surface area contributed by atoms with Crippen LogP contribution in [0.2, 0.25) is 0 Å². The van der Waals surface area contributed by atoms with Gasteiger partial charge < -0.3 is 20.1 Å². The number of anilines is 2. The summed E-state index contributed by atoms with van der Waals surface area (Å²) in [6, 6.07) is 7.13. The predicted octanol–water partition coefficient (Wildman–Crippen LogP) is 1.24. The maximum Gasteiger partial charge on any atom is 0.243 e. The maximum atomic E-state index is 11.9. The predicted molar refractivity (Wildman–Crippen MR) is 77.8 cm³/mol. The Labute approximate surface area is 121 Å². The Morgan fingerprint density at radius 3 is 2.86 bits per heavy atom. The zero-order valence-electron chi connectivity index (χ0n) is 11.6. The molecule has 21 heavy (non-hydrogen) atoms. The molecule has 1 aromatic heterocycles. The SMILES string of the molecule is Cn1ccc(NCC(=O)Nc2ccc3c(c2)OCCO3)n1. The summed E-state index contributed by atoms with van der Waals surface area (Å²) in [5.74, 6) is 1.86. The normalized spacial score (nSPS) is 12.8. The van der Waals surface area contributed by atoms with E-state index in [4.69, 9.17) is 9.47 Å². The summed E-state index contributed by atoms with van der Waals surface area (Å²) >= 11 is 0. The number of nitrogens with one attached hydrogen (secondary N) is 2. The summed E-state index contributed by atoms with van der Waals surface area (Å²) in [5.41, 5.74) is 0.673. The highest BCUT2D eigenvalue weighted by molar-refractivity contribution is 5.93. The van der Waals surface area contributed by atoms with E-state index < -0.39 is 0 Å². The van der Waals surface area contributed by atoms with Gasteiger partial charge in [0.25, 0.3) is 0 Å². The highest BCUT2D eigenvalue weighted by Gasteiger charge is 2.12. The Hall–Kier alpha value is -2.70. The number of aryl methyl sites for hydroxylation is 1. The summed E-state index contributed by atoms with van der Waals surface area (Å²) in [7, 11) is 1.82. The number of benzene rings is 1. The van der Waals surface area contributed by atoms with Crippen LogP contribution < -0.4 is 20.1 Å². The maximum absolute atomic E-state index is 11.9. The Morgan fingerprint density at radius 1 is 1.29 bits per heavy atom. The third kappa shape index (κ3) is 3.25. The van der Waals surface area contributed by atoms with Crippen molar-refractivity contribution in [1.29, 1.82) is 0 Å². The smallest absolute Gasteiger partial charge is 0.243 e. The second-order valence-electron chi connectivity index (χ2n) is 4.63. The first-order valence-corrected chi connectivity index (χ1v) is 6.64. The molecular formula is C14H16N4O3. The van der Waals surface area contributed by atoms with Crippen molar-refractivity contribution in [2.45, 2.75) is 0 Å². The molecule has 0 radical (unpaired) electrons. The lowest BCUT2D eigenvalue weighted by molar-refractivity contribution is -0.114. The molecule has 0 aliphatic carbocycles. The van der Waals surface area contributed by atoms with Crippen molar-refractivity contribution in [2.24, 2.45) is 7.05 Å². The summed E-state index contributed by atoms with van der Waals surface area (Å²) < 4.78 is 12.6. The average molecular weight is 288 g/mol. The third-order valence-electron chi connectivity index (χ3n) is 2.97. The van der Waals surface area contributed by atoms with E-state index in [1.165, 1.54) is 0 Å². The molecule has 2 heterocycles. The monoisotopic (exact) mass is 288 g/mol. The first-order chi connectivity index (χ1) is 10.2. The largest absolute Gasteiger partial charge is 0.486 e. The average Bonchev–Trinajstić information content (AvgIpc) is 2.91. The van der Waals surface area contributed by atoms with E-state index in [0.717, 1.165) is 0 Å². The first kappa shape index (κ1) is 13.3. The molecule has 2 aromatic rings. The Kier molecular flexibility index (Phi) is 3.63. The van der Waals surface area contributed by atoms with E-state index in [0.29, 0.717) is 36.2 Å². The molecule has 0 saturated heterocycles. The van der Waals surface area contributed by atoms with Crippen LogP contribution in [0.1, 0.15) is 0 Å². The van der Waals surface area contributed by atoms with Gasteiger partial charge in [-0.05, 0) is 12.1 Å². The number of ether oxygens (including phenoxy) is 2. The van der Waals surface area contributed by atoms with Crippen LogP contribution in [0, 0.1) is 0 Å². The van der Waals surface area contributed by atoms with E-state index in [9.17, 15) is 4.79 Å². The molecule has 0 atom stereocenters. The number of carbonyl (C=O) groups excluding carboxylic acids is 1. The highest BCUT2D eigenvalue weighted by Crippen LogP contribution is 2.32. The molecule has 0 saturated carbocycles. The number of hydrogen-bond donors (Lipinski definition) is 2. The Morgan fingerprint density at radius 2 is 2.10 bits per heavy atom. The molecule has 0 unspecified atom stereocenters. The summed E-state index contributed by atoms with van der Waals surface area (Å²) in [6.07, 6.45) is 1.81. The molecule has 1 aromatic carbocycles. The van der Waals surface area contributed by atoms with Gasteiger partial charge in [0.2, 0.25) is 5.91 Å². The number of aromatic nitrogens is 2. The lowest BCUT2D eigenvalue weighted by Gasteiger charge is -2.19. The molecule has 0 fully saturated rings. The van der Waals surface area contributed by atoms with Crippen molar-refractivity contribution >= 4 is 17.4 Å². The molecule has 2 N–H and O–H groups in total. The van der Waals surface area contributed by atoms with E-state index in [1.807, 2.05) is 7.05 Å². The molecule has 1 amide bonds. The quantitative estimate of drug-likeness (QED) is 0.885. The molecule has 0 bridgehead atoms. The molecule has 1 aliphatic rings. The number of rotatable bonds is 4. The van der Waals surface area contributed by atoms with Gasteiger partial charge in [-0.25, -0.2) is 0 Å². The Balaban J connectivity index is 1.57. The summed E-state index contributed by atoms with van der Waals surface area (Å²) in [6.45, 7) is 1.21. The van der Waals surface area contributed by atoms with Crippen LogP contribution in [0.4, 0.5) is 11.5 Å². The van der Waals surface area contributed by atoms with Gasteiger partial charge in [0, 0.05) is 31.1 Å². The van der Waals surface area contributed by atoms with Gasteiger partial charge in [0.15, 0.2) is 11.5 Å². The van der Waals surface area contributed by atoms with Crippen LogP contribution >= 0.6 is 0 Å². The second kappa shape index (κ2) is 5.74. The van der Waals surface area contributed by atoms with Gasteiger partial charge in [0.05, 0.1) is 6.54 Å². The molecule has 7 heteroatoms. The van der Waals surface area contributed by atoms with Gasteiger partial charge in [-0.15, -0.1) is 0 Å².